The zero-order valence-corrected chi connectivity index (χ0v) is 14.3. The molecule has 1 aliphatic heterocycles. The number of halogens is 3. The van der Waals surface area contributed by atoms with E-state index >= 15 is 0 Å². The van der Waals surface area contributed by atoms with Gasteiger partial charge < -0.3 is 10.4 Å². The Hall–Kier alpha value is -2.87. The van der Waals surface area contributed by atoms with Crippen LogP contribution in [0.3, 0.4) is 0 Å². The molecule has 27 heavy (non-hydrogen) atoms. The SMILES string of the molecule is CN1C(=O)N[C@H](c2ccccc2)[C@H](C(=O)c2ccccc2)[C@@]1(O)C(F)(F)F. The lowest BCUT2D eigenvalue weighted by molar-refractivity contribution is -0.322. The Labute approximate surface area is 153 Å². The first kappa shape index (κ1) is 18.9. The van der Waals surface area contributed by atoms with Crippen molar-refractivity contribution >= 4 is 11.8 Å². The smallest absolute Gasteiger partial charge is 0.363 e. The van der Waals surface area contributed by atoms with Gasteiger partial charge in [-0.1, -0.05) is 60.7 Å². The number of alkyl halides is 3. The predicted molar refractivity (Wildman–Crippen MR) is 90.7 cm³/mol. The third kappa shape index (κ3) is 3.06. The highest BCUT2D eigenvalue weighted by molar-refractivity contribution is 6.00. The summed E-state index contributed by atoms with van der Waals surface area (Å²) in [6, 6.07) is 12.7. The van der Waals surface area contributed by atoms with E-state index in [9.17, 15) is 27.9 Å². The minimum absolute atomic E-state index is 0.00987. The average molecular weight is 378 g/mol. The number of nitrogens with one attached hydrogen (secondary N) is 1. The van der Waals surface area contributed by atoms with Gasteiger partial charge in [-0.2, -0.15) is 13.2 Å². The van der Waals surface area contributed by atoms with Gasteiger partial charge in [-0.15, -0.1) is 0 Å². The number of aliphatic hydroxyl groups is 1. The number of hydrogen-bond acceptors (Lipinski definition) is 3. The number of carbonyl (C=O) groups excluding carboxylic acids is 2. The van der Waals surface area contributed by atoms with E-state index in [-0.39, 0.29) is 16.0 Å². The van der Waals surface area contributed by atoms with Crippen LogP contribution in [-0.4, -0.2) is 40.8 Å². The third-order valence-corrected chi connectivity index (χ3v) is 4.78. The van der Waals surface area contributed by atoms with Crippen molar-refractivity contribution in [2.75, 3.05) is 7.05 Å². The summed E-state index contributed by atoms with van der Waals surface area (Å²) < 4.78 is 41.8. The van der Waals surface area contributed by atoms with Gasteiger partial charge in [-0.05, 0) is 5.56 Å². The second kappa shape index (κ2) is 6.70. The summed E-state index contributed by atoms with van der Waals surface area (Å²) in [6.45, 7) is 0. The Bertz CT molecular complexity index is 842. The van der Waals surface area contributed by atoms with Crippen LogP contribution in [0.4, 0.5) is 18.0 Å². The van der Waals surface area contributed by atoms with Crippen LogP contribution in [-0.2, 0) is 0 Å². The Morgan fingerprint density at radius 1 is 1.07 bits per heavy atom. The number of urea groups is 1. The normalized spacial score (nSPS) is 25.8. The van der Waals surface area contributed by atoms with Gasteiger partial charge in [-0.25, -0.2) is 4.79 Å². The van der Waals surface area contributed by atoms with Crippen LogP contribution in [0.15, 0.2) is 60.7 Å². The van der Waals surface area contributed by atoms with Crippen molar-refractivity contribution in [2.45, 2.75) is 17.9 Å². The first-order valence-electron chi connectivity index (χ1n) is 8.15. The number of benzene rings is 2. The average Bonchev–Trinajstić information content (AvgIpc) is 2.66. The topological polar surface area (TPSA) is 69.6 Å². The Morgan fingerprint density at radius 2 is 1.59 bits per heavy atom. The van der Waals surface area contributed by atoms with Gasteiger partial charge in [0.1, 0.15) is 5.92 Å². The van der Waals surface area contributed by atoms with Crippen molar-refractivity contribution in [1.29, 1.82) is 0 Å². The van der Waals surface area contributed by atoms with Crippen molar-refractivity contribution < 1.29 is 27.9 Å². The Morgan fingerprint density at radius 3 is 2.11 bits per heavy atom. The molecule has 2 amide bonds. The minimum atomic E-state index is -5.25. The highest BCUT2D eigenvalue weighted by atomic mass is 19.4. The van der Waals surface area contributed by atoms with Crippen molar-refractivity contribution in [3.05, 3.63) is 71.8 Å². The van der Waals surface area contributed by atoms with Crippen molar-refractivity contribution in [1.82, 2.24) is 10.2 Å². The zero-order chi connectivity index (χ0) is 19.8. The van der Waals surface area contributed by atoms with Crippen LogP contribution >= 0.6 is 0 Å². The highest BCUT2D eigenvalue weighted by Crippen LogP contribution is 2.47. The molecular weight excluding hydrogens is 361 g/mol. The molecule has 142 valence electrons. The van der Waals surface area contributed by atoms with E-state index in [1.807, 2.05) is 0 Å². The van der Waals surface area contributed by atoms with Gasteiger partial charge in [0.2, 0.25) is 0 Å². The number of carbonyl (C=O) groups is 2. The molecule has 2 aromatic carbocycles. The maximum Gasteiger partial charge on any atom is 0.437 e. The van der Waals surface area contributed by atoms with Crippen molar-refractivity contribution in [3.8, 4) is 0 Å². The molecule has 0 radical (unpaired) electrons. The maximum atomic E-state index is 13.9. The van der Waals surface area contributed by atoms with Crippen LogP contribution in [0.2, 0.25) is 0 Å². The molecule has 1 heterocycles. The number of Topliss-reactive ketones (excluding diaryl/α,β-unsaturated/α-hetero) is 1. The monoisotopic (exact) mass is 378 g/mol. The molecule has 0 aromatic heterocycles. The van der Waals surface area contributed by atoms with E-state index in [0.29, 0.717) is 0 Å². The molecule has 1 fully saturated rings. The van der Waals surface area contributed by atoms with E-state index in [1.54, 1.807) is 24.3 Å². The summed E-state index contributed by atoms with van der Waals surface area (Å²) in [7, 11) is 0.815. The number of amides is 2. The number of ketones is 1. The van der Waals surface area contributed by atoms with Crippen molar-refractivity contribution in [2.24, 2.45) is 5.92 Å². The fourth-order valence-electron chi connectivity index (χ4n) is 3.33. The Kier molecular flexibility index (Phi) is 4.69. The standard InChI is InChI=1S/C19H17F3N2O3/c1-24-17(26)23-15(12-8-4-2-5-9-12)14(18(24,27)19(20,21)22)16(25)13-10-6-3-7-11-13/h2-11,14-15,27H,1H3,(H,23,26)/t14-,15-,18-/m1/s1. The van der Waals surface area contributed by atoms with Crippen LogP contribution in [0.5, 0.6) is 0 Å². The second-order valence-electron chi connectivity index (χ2n) is 6.33. The summed E-state index contributed by atoms with van der Waals surface area (Å²) in [5.41, 5.74) is -3.37. The molecular formula is C19H17F3N2O3. The summed E-state index contributed by atoms with van der Waals surface area (Å²) in [4.78, 5) is 25.4. The van der Waals surface area contributed by atoms with E-state index in [0.717, 1.165) is 7.05 Å². The molecule has 5 nitrogen and oxygen atoms in total. The lowest BCUT2D eigenvalue weighted by atomic mass is 9.76. The van der Waals surface area contributed by atoms with Crippen LogP contribution < -0.4 is 5.32 Å². The number of hydrogen-bond donors (Lipinski definition) is 2. The van der Waals surface area contributed by atoms with Crippen LogP contribution in [0.1, 0.15) is 22.0 Å². The van der Waals surface area contributed by atoms with Gasteiger partial charge in [-0.3, -0.25) is 9.69 Å². The third-order valence-electron chi connectivity index (χ3n) is 4.78. The Balaban J connectivity index is 2.20. The van der Waals surface area contributed by atoms with Gasteiger partial charge >= 0.3 is 12.2 Å². The molecule has 3 atom stereocenters. The van der Waals surface area contributed by atoms with Crippen LogP contribution in [0.25, 0.3) is 0 Å². The van der Waals surface area contributed by atoms with Gasteiger partial charge in [0.05, 0.1) is 6.04 Å². The zero-order valence-electron chi connectivity index (χ0n) is 14.3. The first-order valence-corrected chi connectivity index (χ1v) is 8.15. The molecule has 0 bridgehead atoms. The predicted octanol–water partition coefficient (Wildman–Crippen LogP) is 3.13. The molecule has 3 rings (SSSR count). The molecule has 8 heteroatoms. The van der Waals surface area contributed by atoms with Gasteiger partial charge in [0.25, 0.3) is 5.72 Å². The minimum Gasteiger partial charge on any atom is -0.363 e. The summed E-state index contributed by atoms with van der Waals surface area (Å²) in [5, 5.41) is 13.1. The highest BCUT2D eigenvalue weighted by Gasteiger charge is 2.69. The molecule has 1 aliphatic rings. The molecule has 0 saturated carbocycles. The lowest BCUT2D eigenvalue weighted by Gasteiger charge is -2.49. The molecule has 0 spiro atoms. The fraction of sp³-hybridized carbons (Fsp3) is 0.263. The number of rotatable bonds is 3. The van der Waals surface area contributed by atoms with Crippen LogP contribution in [0, 0.1) is 5.92 Å². The lowest BCUT2D eigenvalue weighted by Crippen LogP contribution is -2.72. The second-order valence-corrected chi connectivity index (χ2v) is 6.33. The van der Waals surface area contributed by atoms with E-state index < -0.39 is 35.7 Å². The summed E-state index contributed by atoms with van der Waals surface area (Å²) in [5.74, 6) is -2.92. The molecule has 0 aliphatic carbocycles. The van der Waals surface area contributed by atoms with Gasteiger partial charge in [0, 0.05) is 12.6 Å². The van der Waals surface area contributed by atoms with Gasteiger partial charge in [0.15, 0.2) is 5.78 Å². The quantitative estimate of drug-likeness (QED) is 0.807. The largest absolute Gasteiger partial charge is 0.437 e. The fourth-order valence-corrected chi connectivity index (χ4v) is 3.33. The summed E-state index contributed by atoms with van der Waals surface area (Å²) >= 11 is 0. The molecule has 0 unspecified atom stereocenters. The van der Waals surface area contributed by atoms with E-state index in [2.05, 4.69) is 5.32 Å². The molecule has 2 aromatic rings. The summed E-state index contributed by atoms with van der Waals surface area (Å²) in [6.07, 6.45) is -5.25. The van der Waals surface area contributed by atoms with E-state index in [1.165, 1.54) is 36.4 Å². The van der Waals surface area contributed by atoms with E-state index in [4.69, 9.17) is 0 Å². The molecule has 2 N–H and O–H groups in total. The first-order chi connectivity index (χ1) is 12.7. The number of nitrogens with zero attached hydrogens (tertiary/aromatic N) is 1. The maximum absolute atomic E-state index is 13.9. The van der Waals surface area contributed by atoms with Crippen molar-refractivity contribution in [3.63, 3.8) is 0 Å². The molecule has 1 saturated heterocycles.